The second-order valence-corrected chi connectivity index (χ2v) is 9.26. The average Bonchev–Trinajstić information content (AvgIpc) is 2.93. The standard InChI is InChI=1S/C30H30FN4O6/c1-4-40-26(36)13-12-25(30(39)41-5-2)35-28(37)21-10-9-20(15-23(21)31)32-16-18-6-7-19-8-11-24-27(22(19)14-18)29(38)34-17(3)33-24/h6-11,14-15,25,32H,4-5,12-13,16H2,1-3H3,(H,35,37)/t25-/m0/s1. The number of aliphatic imine (C=N–C) groups is 1. The number of nitrogens with one attached hydrogen (secondary N) is 2. The van der Waals surface area contributed by atoms with Gasteiger partial charge >= 0.3 is 11.9 Å². The molecule has 10 nitrogen and oxygen atoms in total. The highest BCUT2D eigenvalue weighted by molar-refractivity contribution is 6.18. The van der Waals surface area contributed by atoms with E-state index in [0.717, 1.165) is 16.3 Å². The highest BCUT2D eigenvalue weighted by atomic mass is 19.1. The molecule has 213 valence electrons. The van der Waals surface area contributed by atoms with Crippen LogP contribution in [0.5, 0.6) is 0 Å². The van der Waals surface area contributed by atoms with Crippen molar-refractivity contribution in [1.82, 2.24) is 10.6 Å². The molecule has 4 rings (SSSR count). The first kappa shape index (κ1) is 29.2. The Kier molecular flexibility index (Phi) is 9.28. The normalized spacial score (nSPS) is 13.0. The van der Waals surface area contributed by atoms with Crippen molar-refractivity contribution in [1.29, 1.82) is 0 Å². The molecule has 3 aromatic rings. The van der Waals surface area contributed by atoms with Crippen LogP contribution in [-0.2, 0) is 25.6 Å². The van der Waals surface area contributed by atoms with Gasteiger partial charge < -0.3 is 20.1 Å². The lowest BCUT2D eigenvalue weighted by molar-refractivity contribution is -0.146. The molecule has 0 saturated carbocycles. The summed E-state index contributed by atoms with van der Waals surface area (Å²) < 4.78 is 24.8. The van der Waals surface area contributed by atoms with Crippen LogP contribution in [0.25, 0.3) is 10.8 Å². The van der Waals surface area contributed by atoms with Crippen LogP contribution in [0.4, 0.5) is 15.8 Å². The van der Waals surface area contributed by atoms with Crippen molar-refractivity contribution < 1.29 is 33.0 Å². The van der Waals surface area contributed by atoms with Crippen molar-refractivity contribution in [2.24, 2.45) is 4.99 Å². The summed E-state index contributed by atoms with van der Waals surface area (Å²) in [4.78, 5) is 53.7. The third-order valence-corrected chi connectivity index (χ3v) is 6.35. The molecule has 41 heavy (non-hydrogen) atoms. The maximum atomic E-state index is 15.0. The molecular weight excluding hydrogens is 531 g/mol. The van der Waals surface area contributed by atoms with Gasteiger partial charge in [-0.15, -0.1) is 0 Å². The monoisotopic (exact) mass is 561 g/mol. The molecule has 0 saturated heterocycles. The molecule has 1 aliphatic heterocycles. The summed E-state index contributed by atoms with van der Waals surface area (Å²) in [5, 5.41) is 11.1. The average molecular weight is 562 g/mol. The van der Waals surface area contributed by atoms with E-state index in [4.69, 9.17) is 9.47 Å². The van der Waals surface area contributed by atoms with Crippen LogP contribution in [0.3, 0.4) is 0 Å². The first-order chi connectivity index (χ1) is 19.7. The molecule has 0 unspecified atom stereocenters. The molecule has 0 fully saturated rings. The fourth-order valence-electron chi connectivity index (χ4n) is 4.42. The van der Waals surface area contributed by atoms with Gasteiger partial charge in [-0.1, -0.05) is 18.2 Å². The number of amides is 2. The highest BCUT2D eigenvalue weighted by Crippen LogP contribution is 2.31. The molecule has 1 atom stereocenters. The van der Waals surface area contributed by atoms with E-state index in [-0.39, 0.29) is 37.5 Å². The molecule has 0 spiro atoms. The molecule has 11 heteroatoms. The lowest BCUT2D eigenvalue weighted by Gasteiger charge is -2.17. The van der Waals surface area contributed by atoms with E-state index < -0.39 is 29.7 Å². The van der Waals surface area contributed by atoms with E-state index in [2.05, 4.69) is 20.9 Å². The van der Waals surface area contributed by atoms with E-state index in [0.29, 0.717) is 29.3 Å². The van der Waals surface area contributed by atoms with Gasteiger partial charge in [-0.2, -0.15) is 5.32 Å². The van der Waals surface area contributed by atoms with Gasteiger partial charge in [-0.05, 0) is 73.9 Å². The summed E-state index contributed by atoms with van der Waals surface area (Å²) in [7, 11) is 0. The van der Waals surface area contributed by atoms with E-state index in [1.165, 1.54) is 12.1 Å². The lowest BCUT2D eigenvalue weighted by Crippen LogP contribution is -2.42. The van der Waals surface area contributed by atoms with Crippen LogP contribution in [0.2, 0.25) is 0 Å². The number of nitrogens with zero attached hydrogens (tertiary/aromatic N) is 2. The van der Waals surface area contributed by atoms with E-state index in [1.54, 1.807) is 32.9 Å². The minimum atomic E-state index is -1.14. The molecule has 2 amide bonds. The van der Waals surface area contributed by atoms with Crippen molar-refractivity contribution in [3.05, 3.63) is 71.0 Å². The van der Waals surface area contributed by atoms with E-state index >= 15 is 0 Å². The molecule has 1 heterocycles. The largest absolute Gasteiger partial charge is 0.466 e. The second-order valence-electron chi connectivity index (χ2n) is 9.26. The lowest BCUT2D eigenvalue weighted by atomic mass is 9.98. The highest BCUT2D eigenvalue weighted by Gasteiger charge is 2.25. The molecule has 3 aromatic carbocycles. The smallest absolute Gasteiger partial charge is 0.328 e. The summed E-state index contributed by atoms with van der Waals surface area (Å²) in [6.45, 7) is 5.53. The first-order valence-corrected chi connectivity index (χ1v) is 13.2. The predicted octanol–water partition coefficient (Wildman–Crippen LogP) is 4.40. The number of carbonyl (C=O) groups is 4. The first-order valence-electron chi connectivity index (χ1n) is 13.2. The summed E-state index contributed by atoms with van der Waals surface area (Å²) in [6, 6.07) is 12.2. The van der Waals surface area contributed by atoms with Crippen LogP contribution in [0.15, 0.2) is 53.5 Å². The molecule has 2 N–H and O–H groups in total. The Morgan fingerprint density at radius 1 is 1.00 bits per heavy atom. The number of carbonyl (C=O) groups excluding carboxylic acids is 4. The third kappa shape index (κ3) is 7.05. The molecule has 0 bridgehead atoms. The van der Waals surface area contributed by atoms with Crippen molar-refractivity contribution >= 4 is 51.7 Å². The summed E-state index contributed by atoms with van der Waals surface area (Å²) in [5.74, 6) is -2.79. The molecule has 0 aliphatic carbocycles. The van der Waals surface area contributed by atoms with Gasteiger partial charge in [0.15, 0.2) is 0 Å². The van der Waals surface area contributed by atoms with E-state index in [9.17, 15) is 23.6 Å². The Bertz CT molecular complexity index is 1540. The Morgan fingerprint density at radius 2 is 1.76 bits per heavy atom. The summed E-state index contributed by atoms with van der Waals surface area (Å²) in [5.41, 5.74) is 2.01. The van der Waals surface area contributed by atoms with Gasteiger partial charge in [0.05, 0.1) is 30.0 Å². The predicted molar refractivity (Wildman–Crippen MR) is 151 cm³/mol. The fourth-order valence-corrected chi connectivity index (χ4v) is 4.42. The zero-order chi connectivity index (χ0) is 29.5. The Balaban J connectivity index is 1.45. The number of esters is 2. The molecular formula is C30H30FN4O6. The summed E-state index contributed by atoms with van der Waals surface area (Å²) >= 11 is 0. The van der Waals surface area contributed by atoms with Crippen LogP contribution < -0.4 is 16.0 Å². The van der Waals surface area contributed by atoms with Crippen LogP contribution >= 0.6 is 0 Å². The van der Waals surface area contributed by atoms with Crippen LogP contribution in [0, 0.1) is 5.82 Å². The van der Waals surface area contributed by atoms with Crippen LogP contribution in [-0.4, -0.2) is 48.8 Å². The Labute approximate surface area is 236 Å². The second kappa shape index (κ2) is 13.0. The number of fused-ring (bicyclic) bond motifs is 3. The summed E-state index contributed by atoms with van der Waals surface area (Å²) in [6.07, 6.45) is -0.165. The zero-order valence-electron chi connectivity index (χ0n) is 23.0. The molecule has 1 aliphatic rings. The fraction of sp³-hybridized carbons (Fsp3) is 0.300. The number of hydrogen-bond acceptors (Lipinski definition) is 8. The molecule has 1 radical (unpaired) electrons. The van der Waals surface area contributed by atoms with Gasteiger partial charge in [0, 0.05) is 18.7 Å². The van der Waals surface area contributed by atoms with Gasteiger partial charge in [-0.3, -0.25) is 14.4 Å². The number of halogens is 1. The van der Waals surface area contributed by atoms with E-state index in [1.807, 2.05) is 24.3 Å². The SMILES string of the molecule is CCOC(=O)CC[C@H](NC(=O)c1ccc(NCc2ccc3ccc4c(c3c2)C(=O)[N]C(C)=N4)cc1F)C(=O)OCC. The maximum Gasteiger partial charge on any atom is 0.328 e. The number of anilines is 1. The van der Waals surface area contributed by atoms with Gasteiger partial charge in [0.25, 0.3) is 11.8 Å². The van der Waals surface area contributed by atoms with Crippen molar-refractivity contribution in [2.75, 3.05) is 18.5 Å². The number of rotatable bonds is 11. The van der Waals surface area contributed by atoms with Crippen molar-refractivity contribution in [3.8, 4) is 0 Å². The Hall–Kier alpha value is -4.80. The topological polar surface area (TPSA) is 137 Å². The quantitative estimate of drug-likeness (QED) is 0.331. The maximum absolute atomic E-state index is 15.0. The van der Waals surface area contributed by atoms with Gasteiger partial charge in [0.1, 0.15) is 17.7 Å². The number of ether oxygens (including phenoxy) is 2. The minimum Gasteiger partial charge on any atom is -0.466 e. The Morgan fingerprint density at radius 3 is 2.49 bits per heavy atom. The third-order valence-electron chi connectivity index (χ3n) is 6.35. The number of hydrogen-bond donors (Lipinski definition) is 2. The van der Waals surface area contributed by atoms with Gasteiger partial charge in [-0.25, -0.2) is 14.2 Å². The van der Waals surface area contributed by atoms with Crippen molar-refractivity contribution in [3.63, 3.8) is 0 Å². The minimum absolute atomic E-state index is 0.0503. The van der Waals surface area contributed by atoms with Crippen molar-refractivity contribution in [2.45, 2.75) is 46.2 Å². The van der Waals surface area contributed by atoms with Gasteiger partial charge in [0.2, 0.25) is 0 Å². The molecule has 0 aromatic heterocycles. The zero-order valence-corrected chi connectivity index (χ0v) is 23.0. The number of benzene rings is 3. The number of amidine groups is 1. The van der Waals surface area contributed by atoms with Crippen LogP contribution in [0.1, 0.15) is 59.9 Å².